The molecule has 0 amide bonds. The first-order chi connectivity index (χ1) is 32.5. The third-order valence-electron chi connectivity index (χ3n) is 16.6. The number of nitrogens with zero attached hydrogens (tertiary/aromatic N) is 4. The molecule has 0 aliphatic heterocycles. The first-order valence-electron chi connectivity index (χ1n) is 25.2. The van der Waals surface area contributed by atoms with Crippen molar-refractivity contribution < 1.29 is 0 Å². The number of hydrogen-bond donors (Lipinski definition) is 0. The van der Waals surface area contributed by atoms with Crippen molar-refractivity contribution in [1.29, 1.82) is 0 Å². The van der Waals surface area contributed by atoms with Crippen molar-refractivity contribution in [2.75, 3.05) is 0 Å². The smallest absolute Gasteiger partial charge is 0.137 e. The molecule has 0 radical (unpaired) electrons. The Kier molecular flexibility index (Phi) is 12.3. The quantitative estimate of drug-likeness (QED) is 0.123. The van der Waals surface area contributed by atoms with E-state index < -0.39 is 5.41 Å². The summed E-state index contributed by atoms with van der Waals surface area (Å²) in [5.41, 5.74) is 14.1. The molecule has 2 saturated carbocycles. The normalized spacial score (nSPS) is 16.9. The molecule has 8 aromatic rings. The number of benzene rings is 4. The second-order valence-corrected chi connectivity index (χ2v) is 21.1. The van der Waals surface area contributed by atoms with Gasteiger partial charge in [0.25, 0.3) is 0 Å². The Labute approximate surface area is 400 Å². The van der Waals surface area contributed by atoms with E-state index in [1.165, 1.54) is 109 Å². The second-order valence-electron chi connectivity index (χ2n) is 21.1. The van der Waals surface area contributed by atoms with Crippen LogP contribution in [-0.4, -0.2) is 19.1 Å². The highest BCUT2D eigenvalue weighted by atomic mass is 15.1. The van der Waals surface area contributed by atoms with Crippen molar-refractivity contribution in [3.63, 3.8) is 0 Å². The van der Waals surface area contributed by atoms with Gasteiger partial charge in [-0.15, -0.1) is 0 Å². The van der Waals surface area contributed by atoms with Gasteiger partial charge >= 0.3 is 0 Å². The van der Waals surface area contributed by atoms with Crippen molar-refractivity contribution in [2.24, 2.45) is 10.8 Å². The fourth-order valence-electron chi connectivity index (χ4n) is 11.7. The molecule has 0 N–H and O–H groups in total. The minimum absolute atomic E-state index is 0.210. The Hall–Kier alpha value is -6.26. The number of pyridine rings is 2. The van der Waals surface area contributed by atoms with Gasteiger partial charge in [0, 0.05) is 28.9 Å². The van der Waals surface area contributed by atoms with Crippen LogP contribution in [0.4, 0.5) is 0 Å². The Bertz CT molecular complexity index is 2730. The highest BCUT2D eigenvalue weighted by molar-refractivity contribution is 5.84. The van der Waals surface area contributed by atoms with Gasteiger partial charge in [-0.25, -0.2) is 9.97 Å². The van der Waals surface area contributed by atoms with Gasteiger partial charge < -0.3 is 9.13 Å². The molecule has 4 heteroatoms. The topological polar surface area (TPSA) is 35.6 Å². The maximum absolute atomic E-state index is 5.80. The molecule has 10 rings (SSSR count). The Morgan fingerprint density at radius 3 is 1.10 bits per heavy atom. The van der Waals surface area contributed by atoms with Gasteiger partial charge in [-0.1, -0.05) is 188 Å². The highest BCUT2D eigenvalue weighted by Gasteiger charge is 2.38. The maximum atomic E-state index is 5.80. The van der Waals surface area contributed by atoms with Crippen molar-refractivity contribution >= 4 is 0 Å². The summed E-state index contributed by atoms with van der Waals surface area (Å²) in [6, 6.07) is 57.6. The molecule has 0 bridgehead atoms. The second kappa shape index (κ2) is 18.4. The van der Waals surface area contributed by atoms with Gasteiger partial charge in [0.15, 0.2) is 0 Å². The summed E-state index contributed by atoms with van der Waals surface area (Å²) in [6.45, 7) is 14.8. The number of aromatic nitrogens is 4. The lowest BCUT2D eigenvalue weighted by Crippen LogP contribution is -2.29. The van der Waals surface area contributed by atoms with E-state index in [1.807, 2.05) is 0 Å². The Morgan fingerprint density at radius 1 is 0.433 bits per heavy atom. The van der Waals surface area contributed by atoms with Crippen molar-refractivity contribution in [2.45, 2.75) is 123 Å². The van der Waals surface area contributed by atoms with E-state index in [-0.39, 0.29) is 10.8 Å². The third-order valence-corrected chi connectivity index (χ3v) is 16.6. The van der Waals surface area contributed by atoms with Crippen LogP contribution in [0, 0.1) is 10.8 Å². The van der Waals surface area contributed by atoms with Crippen LogP contribution in [0.15, 0.2) is 170 Å². The SMILES string of the molecule is CC(c1cc(-n2ccc(-c3ccccc3)c2-c2ccccc2)nc(C(C)(C)c2cc(C(C)C3(C)CCCCC3)cc(-n3ccc(-c4ccccc4)c3-c3ccccc3)n2)c1)C1(C)CCCCC1. The molecular weight excluding hydrogens is 813 g/mol. The minimum atomic E-state index is -0.555. The molecule has 340 valence electrons. The van der Waals surface area contributed by atoms with Crippen LogP contribution >= 0.6 is 0 Å². The van der Waals surface area contributed by atoms with E-state index in [0.29, 0.717) is 11.8 Å². The number of hydrogen-bond acceptors (Lipinski definition) is 2. The van der Waals surface area contributed by atoms with E-state index >= 15 is 0 Å². The number of rotatable bonds is 12. The molecule has 4 aromatic heterocycles. The van der Waals surface area contributed by atoms with E-state index in [0.717, 1.165) is 34.4 Å². The largest absolute Gasteiger partial charge is 0.301 e. The maximum Gasteiger partial charge on any atom is 0.137 e. The third kappa shape index (κ3) is 8.65. The first-order valence-corrected chi connectivity index (χ1v) is 25.2. The lowest BCUT2D eigenvalue weighted by molar-refractivity contribution is 0.176. The lowest BCUT2D eigenvalue weighted by Gasteiger charge is -2.40. The fraction of sp³-hybridized carbons (Fsp3) is 0.333. The predicted molar refractivity (Wildman–Crippen MR) is 280 cm³/mol. The fourth-order valence-corrected chi connectivity index (χ4v) is 11.7. The first kappa shape index (κ1) is 44.6. The zero-order chi connectivity index (χ0) is 46.2. The van der Waals surface area contributed by atoms with Crippen LogP contribution in [0.2, 0.25) is 0 Å². The van der Waals surface area contributed by atoms with Crippen LogP contribution in [0.25, 0.3) is 56.4 Å². The molecule has 0 spiro atoms. The zero-order valence-corrected chi connectivity index (χ0v) is 40.7. The Balaban J connectivity index is 1.19. The van der Waals surface area contributed by atoms with Crippen LogP contribution < -0.4 is 0 Å². The zero-order valence-electron chi connectivity index (χ0n) is 40.7. The summed E-state index contributed by atoms with van der Waals surface area (Å²) >= 11 is 0. The molecule has 0 saturated heterocycles. The summed E-state index contributed by atoms with van der Waals surface area (Å²) in [5.74, 6) is 2.60. The van der Waals surface area contributed by atoms with E-state index in [4.69, 9.17) is 9.97 Å². The average Bonchev–Trinajstić information content (AvgIpc) is 4.04. The van der Waals surface area contributed by atoms with Gasteiger partial charge in [0.05, 0.1) is 22.8 Å². The van der Waals surface area contributed by atoms with Crippen molar-refractivity contribution in [3.05, 3.63) is 193 Å². The van der Waals surface area contributed by atoms with Crippen LogP contribution in [0.5, 0.6) is 0 Å². The summed E-state index contributed by atoms with van der Waals surface area (Å²) in [7, 11) is 0. The van der Waals surface area contributed by atoms with Crippen molar-refractivity contribution in [3.8, 4) is 56.4 Å². The van der Waals surface area contributed by atoms with E-state index in [2.05, 4.69) is 221 Å². The van der Waals surface area contributed by atoms with Crippen LogP contribution in [0.3, 0.4) is 0 Å². The molecule has 4 heterocycles. The van der Waals surface area contributed by atoms with Gasteiger partial charge in [0.2, 0.25) is 0 Å². The van der Waals surface area contributed by atoms with Crippen LogP contribution in [-0.2, 0) is 5.41 Å². The monoisotopic (exact) mass is 881 g/mol. The molecule has 2 fully saturated rings. The van der Waals surface area contributed by atoms with Gasteiger partial charge in [0.1, 0.15) is 11.6 Å². The summed E-state index contributed by atoms with van der Waals surface area (Å²) < 4.78 is 4.71. The van der Waals surface area contributed by atoms with Gasteiger partial charge in [-0.3, -0.25) is 0 Å². The Morgan fingerprint density at radius 2 is 0.761 bits per heavy atom. The van der Waals surface area contributed by atoms with Crippen LogP contribution in [0.1, 0.15) is 140 Å². The summed E-state index contributed by atoms with van der Waals surface area (Å²) in [5, 5.41) is 0. The molecule has 4 aromatic carbocycles. The molecule has 4 nitrogen and oxygen atoms in total. The lowest BCUT2D eigenvalue weighted by atomic mass is 9.65. The van der Waals surface area contributed by atoms with Crippen molar-refractivity contribution in [1.82, 2.24) is 19.1 Å². The average molecular weight is 881 g/mol. The molecule has 2 unspecified atom stereocenters. The molecule has 67 heavy (non-hydrogen) atoms. The van der Waals surface area contributed by atoms with Gasteiger partial charge in [-0.05, 0) is 132 Å². The minimum Gasteiger partial charge on any atom is -0.301 e. The predicted octanol–water partition coefficient (Wildman–Crippen LogP) is 17.2. The highest BCUT2D eigenvalue weighted by Crippen LogP contribution is 2.50. The van der Waals surface area contributed by atoms with Gasteiger partial charge in [-0.2, -0.15) is 0 Å². The summed E-state index contributed by atoms with van der Waals surface area (Å²) in [6.07, 6.45) is 17.3. The molecule has 2 atom stereocenters. The molecular formula is C63H68N4. The standard InChI is InChI=1S/C63H68N4/c1-45(62(5)35-21-11-22-36-62)51-41-55(64-57(43-51)66-39-33-53(47-25-13-7-14-26-47)59(66)49-29-17-9-18-30-49)61(3,4)56-42-52(46(2)63(6)37-23-12-24-38-63)44-58(65-56)67-40-34-54(48-27-15-8-16-28-48)60(67)50-31-19-10-20-32-50/h7-10,13-20,25-34,39-46H,11-12,21-24,35-38H2,1-6H3. The summed E-state index contributed by atoms with van der Waals surface area (Å²) in [4.78, 5) is 11.6. The van der Waals surface area contributed by atoms with E-state index in [9.17, 15) is 0 Å². The van der Waals surface area contributed by atoms with E-state index in [1.54, 1.807) is 0 Å². The molecule has 2 aliphatic carbocycles. The molecule has 2 aliphatic rings.